The molecule has 104 valence electrons. The van der Waals surface area contributed by atoms with Crippen molar-refractivity contribution in [1.29, 1.82) is 0 Å². The molecular weight excluding hydrogens is 240 g/mol. The lowest BCUT2D eigenvalue weighted by Crippen LogP contribution is -2.44. The van der Waals surface area contributed by atoms with E-state index in [1.807, 2.05) is 29.2 Å². The van der Waals surface area contributed by atoms with Crippen molar-refractivity contribution >= 4 is 5.91 Å². The number of amides is 1. The number of piperidine rings is 1. The molecule has 19 heavy (non-hydrogen) atoms. The number of benzene rings is 1. The van der Waals surface area contributed by atoms with Gasteiger partial charge in [-0.05, 0) is 37.5 Å². The molecule has 1 saturated heterocycles. The van der Waals surface area contributed by atoms with Crippen molar-refractivity contribution in [1.82, 2.24) is 4.90 Å². The van der Waals surface area contributed by atoms with E-state index in [9.17, 15) is 4.79 Å². The van der Waals surface area contributed by atoms with E-state index in [1.54, 1.807) is 7.11 Å². The highest BCUT2D eigenvalue weighted by Gasteiger charge is 2.30. The van der Waals surface area contributed by atoms with Crippen LogP contribution in [0.1, 0.15) is 31.4 Å². The maximum atomic E-state index is 12.3. The van der Waals surface area contributed by atoms with Crippen LogP contribution in [0.15, 0.2) is 24.3 Å². The largest absolute Gasteiger partial charge is 0.497 e. The van der Waals surface area contributed by atoms with Gasteiger partial charge in [-0.15, -0.1) is 0 Å². The summed E-state index contributed by atoms with van der Waals surface area (Å²) in [6.45, 7) is 3.34. The van der Waals surface area contributed by atoms with Crippen molar-refractivity contribution in [3.8, 4) is 5.75 Å². The Kier molecular flexibility index (Phi) is 4.43. The van der Waals surface area contributed by atoms with Crippen molar-refractivity contribution in [3.63, 3.8) is 0 Å². The number of rotatable bonds is 4. The monoisotopic (exact) mass is 262 g/mol. The minimum absolute atomic E-state index is 0.00514. The molecule has 1 fully saturated rings. The first kappa shape index (κ1) is 13.9. The second-order valence-electron chi connectivity index (χ2n) is 5.06. The van der Waals surface area contributed by atoms with Crippen molar-refractivity contribution in [3.05, 3.63) is 29.8 Å². The van der Waals surface area contributed by atoms with E-state index < -0.39 is 0 Å². The van der Waals surface area contributed by atoms with E-state index in [-0.39, 0.29) is 17.9 Å². The lowest BCUT2D eigenvalue weighted by molar-refractivity contribution is -0.140. The van der Waals surface area contributed by atoms with Crippen LogP contribution in [-0.2, 0) is 4.79 Å². The van der Waals surface area contributed by atoms with Crippen LogP contribution in [0.2, 0.25) is 0 Å². The SMILES string of the molecule is COc1ccc([C@@H](C)N2CCC[C@H](CN)C2=O)cc1. The van der Waals surface area contributed by atoms with Gasteiger partial charge in [-0.25, -0.2) is 0 Å². The predicted octanol–water partition coefficient (Wildman–Crippen LogP) is 1.95. The van der Waals surface area contributed by atoms with E-state index >= 15 is 0 Å². The Bertz CT molecular complexity index is 430. The summed E-state index contributed by atoms with van der Waals surface area (Å²) < 4.78 is 5.15. The fourth-order valence-corrected chi connectivity index (χ4v) is 2.64. The van der Waals surface area contributed by atoms with Crippen LogP contribution in [0.4, 0.5) is 0 Å². The van der Waals surface area contributed by atoms with Crippen LogP contribution in [0.25, 0.3) is 0 Å². The summed E-state index contributed by atoms with van der Waals surface area (Å²) in [5.41, 5.74) is 6.80. The van der Waals surface area contributed by atoms with Gasteiger partial charge in [0, 0.05) is 13.1 Å². The first-order valence-corrected chi connectivity index (χ1v) is 6.82. The Labute approximate surface area is 114 Å². The molecule has 0 aromatic heterocycles. The summed E-state index contributed by atoms with van der Waals surface area (Å²) in [5.74, 6) is 1.02. The molecule has 0 radical (unpaired) electrons. The van der Waals surface area contributed by atoms with Gasteiger partial charge >= 0.3 is 0 Å². The Morgan fingerprint density at radius 2 is 2.11 bits per heavy atom. The van der Waals surface area contributed by atoms with Crippen LogP contribution in [0.3, 0.4) is 0 Å². The minimum Gasteiger partial charge on any atom is -0.497 e. The van der Waals surface area contributed by atoms with Crippen molar-refractivity contribution in [2.45, 2.75) is 25.8 Å². The summed E-state index contributed by atoms with van der Waals surface area (Å²) in [5, 5.41) is 0. The topological polar surface area (TPSA) is 55.6 Å². The molecule has 4 heteroatoms. The molecule has 0 bridgehead atoms. The van der Waals surface area contributed by atoms with E-state index in [0.717, 1.165) is 30.7 Å². The minimum atomic E-state index is -0.00514. The van der Waals surface area contributed by atoms with Crippen LogP contribution in [-0.4, -0.2) is 31.0 Å². The first-order chi connectivity index (χ1) is 9.17. The van der Waals surface area contributed by atoms with Crippen LogP contribution in [0, 0.1) is 5.92 Å². The molecule has 1 amide bonds. The molecule has 2 atom stereocenters. The zero-order valence-corrected chi connectivity index (χ0v) is 11.6. The predicted molar refractivity (Wildman–Crippen MR) is 74.9 cm³/mol. The zero-order chi connectivity index (χ0) is 13.8. The van der Waals surface area contributed by atoms with E-state index in [0.29, 0.717) is 6.54 Å². The lowest BCUT2D eigenvalue weighted by Gasteiger charge is -2.36. The van der Waals surface area contributed by atoms with Crippen LogP contribution >= 0.6 is 0 Å². The number of nitrogens with zero attached hydrogens (tertiary/aromatic N) is 1. The average Bonchev–Trinajstić information content (AvgIpc) is 2.47. The molecule has 0 aliphatic carbocycles. The fourth-order valence-electron chi connectivity index (χ4n) is 2.64. The number of methoxy groups -OCH3 is 1. The maximum Gasteiger partial charge on any atom is 0.227 e. The number of ether oxygens (including phenoxy) is 1. The number of carbonyl (C=O) groups excluding carboxylic acids is 1. The molecule has 2 rings (SSSR count). The van der Waals surface area contributed by atoms with Gasteiger partial charge in [0.25, 0.3) is 0 Å². The molecule has 0 spiro atoms. The molecule has 0 unspecified atom stereocenters. The molecule has 2 N–H and O–H groups in total. The quantitative estimate of drug-likeness (QED) is 0.902. The highest BCUT2D eigenvalue weighted by atomic mass is 16.5. The van der Waals surface area contributed by atoms with Gasteiger partial charge in [0.1, 0.15) is 5.75 Å². The molecule has 1 aromatic carbocycles. The third-order valence-corrected chi connectivity index (χ3v) is 3.93. The highest BCUT2D eigenvalue weighted by Crippen LogP contribution is 2.28. The summed E-state index contributed by atoms with van der Waals surface area (Å²) >= 11 is 0. The summed E-state index contributed by atoms with van der Waals surface area (Å²) in [6.07, 6.45) is 1.95. The molecule has 1 aromatic rings. The number of carbonyl (C=O) groups is 1. The molecule has 1 aliphatic rings. The Morgan fingerprint density at radius 1 is 1.42 bits per heavy atom. The van der Waals surface area contributed by atoms with Gasteiger partial charge in [-0.3, -0.25) is 4.79 Å². The summed E-state index contributed by atoms with van der Waals surface area (Å²) in [4.78, 5) is 14.3. The van der Waals surface area contributed by atoms with E-state index in [1.165, 1.54) is 0 Å². The number of hydrogen-bond donors (Lipinski definition) is 1. The van der Waals surface area contributed by atoms with Gasteiger partial charge < -0.3 is 15.4 Å². The van der Waals surface area contributed by atoms with Crippen molar-refractivity contribution in [2.75, 3.05) is 20.2 Å². The molecule has 1 aliphatic heterocycles. The van der Waals surface area contributed by atoms with Crippen LogP contribution < -0.4 is 10.5 Å². The zero-order valence-electron chi connectivity index (χ0n) is 11.6. The second-order valence-corrected chi connectivity index (χ2v) is 5.06. The first-order valence-electron chi connectivity index (χ1n) is 6.82. The third kappa shape index (κ3) is 2.89. The van der Waals surface area contributed by atoms with Gasteiger partial charge in [0.2, 0.25) is 5.91 Å². The third-order valence-electron chi connectivity index (χ3n) is 3.93. The number of hydrogen-bond acceptors (Lipinski definition) is 3. The smallest absolute Gasteiger partial charge is 0.227 e. The summed E-state index contributed by atoms with van der Waals surface area (Å²) in [6, 6.07) is 7.99. The Morgan fingerprint density at radius 3 is 2.68 bits per heavy atom. The Balaban J connectivity index is 2.13. The lowest BCUT2D eigenvalue weighted by atomic mass is 9.94. The number of nitrogens with two attached hydrogens (primary N) is 1. The number of likely N-dealkylation sites (tertiary alicyclic amines) is 1. The Hall–Kier alpha value is -1.55. The molecule has 1 heterocycles. The highest BCUT2D eigenvalue weighted by molar-refractivity contribution is 5.80. The second kappa shape index (κ2) is 6.06. The van der Waals surface area contributed by atoms with Crippen LogP contribution in [0.5, 0.6) is 5.75 Å². The molecule has 0 saturated carbocycles. The summed E-state index contributed by atoms with van der Waals surface area (Å²) in [7, 11) is 1.65. The average molecular weight is 262 g/mol. The van der Waals surface area contributed by atoms with Crippen molar-refractivity contribution in [2.24, 2.45) is 11.7 Å². The van der Waals surface area contributed by atoms with E-state index in [4.69, 9.17) is 10.5 Å². The van der Waals surface area contributed by atoms with Gasteiger partial charge in [-0.2, -0.15) is 0 Å². The van der Waals surface area contributed by atoms with Gasteiger partial charge in [0.15, 0.2) is 0 Å². The molecular formula is C15H22N2O2. The molecule has 4 nitrogen and oxygen atoms in total. The van der Waals surface area contributed by atoms with Gasteiger partial charge in [0.05, 0.1) is 19.1 Å². The normalized spacial score (nSPS) is 21.3. The fraction of sp³-hybridized carbons (Fsp3) is 0.533. The standard InChI is InChI=1S/C15H22N2O2/c1-11(12-5-7-14(19-2)8-6-12)17-9-3-4-13(10-16)15(17)18/h5-8,11,13H,3-4,9-10,16H2,1-2H3/t11-,13-/m1/s1. The maximum absolute atomic E-state index is 12.3. The van der Waals surface area contributed by atoms with E-state index in [2.05, 4.69) is 6.92 Å². The van der Waals surface area contributed by atoms with Crippen molar-refractivity contribution < 1.29 is 9.53 Å². The van der Waals surface area contributed by atoms with Gasteiger partial charge in [-0.1, -0.05) is 12.1 Å².